The van der Waals surface area contributed by atoms with Crippen molar-refractivity contribution < 1.29 is 4.74 Å². The third-order valence-electron chi connectivity index (χ3n) is 6.64. The summed E-state index contributed by atoms with van der Waals surface area (Å²) in [5.74, 6) is 2.24. The Morgan fingerprint density at radius 3 is 2.76 bits per heavy atom. The highest BCUT2D eigenvalue weighted by molar-refractivity contribution is 7.09. The van der Waals surface area contributed by atoms with Crippen LogP contribution in [0.1, 0.15) is 42.3 Å². The Balaban J connectivity index is 1.28. The van der Waals surface area contributed by atoms with Crippen LogP contribution in [0, 0.1) is 17.8 Å². The van der Waals surface area contributed by atoms with Gasteiger partial charge in [0.25, 0.3) is 0 Å². The van der Waals surface area contributed by atoms with Crippen molar-refractivity contribution in [3.8, 4) is 0 Å². The van der Waals surface area contributed by atoms with Crippen molar-refractivity contribution in [1.29, 1.82) is 0 Å². The molecule has 0 N–H and O–H groups in total. The molecule has 3 fully saturated rings. The molecule has 7 nitrogen and oxygen atoms in total. The van der Waals surface area contributed by atoms with Gasteiger partial charge < -0.3 is 9.64 Å². The molecular weight excluding hydrogens is 384 g/mol. The van der Waals surface area contributed by atoms with E-state index in [1.165, 1.54) is 30.8 Å². The van der Waals surface area contributed by atoms with E-state index in [-0.39, 0.29) is 6.10 Å². The molecule has 8 heteroatoms. The van der Waals surface area contributed by atoms with Crippen LogP contribution in [0.5, 0.6) is 0 Å². The Morgan fingerprint density at radius 1 is 1.21 bits per heavy atom. The van der Waals surface area contributed by atoms with Crippen molar-refractivity contribution >= 4 is 11.3 Å². The molecule has 5 rings (SSSR count). The highest BCUT2D eigenvalue weighted by Crippen LogP contribution is 2.43. The molecule has 0 aromatic carbocycles. The van der Waals surface area contributed by atoms with E-state index in [0.717, 1.165) is 56.0 Å². The maximum atomic E-state index is 6.49. The summed E-state index contributed by atoms with van der Waals surface area (Å²) < 4.78 is 8.60. The normalized spacial score (nSPS) is 30.2. The molecule has 0 amide bonds. The summed E-state index contributed by atoms with van der Waals surface area (Å²) >= 11 is 1.76. The van der Waals surface area contributed by atoms with E-state index < -0.39 is 0 Å². The van der Waals surface area contributed by atoms with E-state index in [1.807, 2.05) is 11.7 Å². The van der Waals surface area contributed by atoms with Gasteiger partial charge in [-0.25, -0.2) is 4.68 Å². The fourth-order valence-electron chi connectivity index (χ4n) is 5.03. The van der Waals surface area contributed by atoms with Gasteiger partial charge in [-0.2, -0.15) is 0 Å². The summed E-state index contributed by atoms with van der Waals surface area (Å²) in [6.07, 6.45) is 9.37. The predicted molar refractivity (Wildman–Crippen MR) is 113 cm³/mol. The lowest BCUT2D eigenvalue weighted by Crippen LogP contribution is -2.38. The number of thiazole rings is 1. The van der Waals surface area contributed by atoms with Gasteiger partial charge in [-0.15, -0.1) is 16.4 Å². The Labute approximate surface area is 177 Å². The van der Waals surface area contributed by atoms with Gasteiger partial charge >= 0.3 is 0 Å². The van der Waals surface area contributed by atoms with Crippen LogP contribution in [0.3, 0.4) is 0 Å². The minimum atomic E-state index is 0.258. The van der Waals surface area contributed by atoms with E-state index >= 15 is 0 Å². The zero-order chi connectivity index (χ0) is 19.8. The molecule has 4 atom stereocenters. The summed E-state index contributed by atoms with van der Waals surface area (Å²) in [4.78, 5) is 10.4. The molecule has 0 radical (unpaired) electrons. The standard InChI is InChI=1S/C21H32N6OS/c1-25(2)10-18-11-27(24-23-18)20-5-16-8-26(12-19-7-22-14-29-19)9-17(16)6-21(20)28-13-15-3-4-15/h7,11,14-17,20-21H,3-6,8-10,12-13H2,1-2H3/t16-,17+,20-,21-/m1/s1. The van der Waals surface area contributed by atoms with Gasteiger partial charge in [-0.1, -0.05) is 5.21 Å². The minimum absolute atomic E-state index is 0.258. The predicted octanol–water partition coefficient (Wildman–Crippen LogP) is 2.67. The number of likely N-dealkylation sites (tertiary alicyclic amines) is 1. The van der Waals surface area contributed by atoms with Crippen LogP contribution in [-0.4, -0.2) is 69.7 Å². The monoisotopic (exact) mass is 416 g/mol. The molecule has 0 bridgehead atoms. The van der Waals surface area contributed by atoms with Gasteiger partial charge in [0.15, 0.2) is 0 Å². The summed E-state index contributed by atoms with van der Waals surface area (Å²) in [6.45, 7) is 5.14. The van der Waals surface area contributed by atoms with Crippen molar-refractivity contribution in [3.63, 3.8) is 0 Å². The minimum Gasteiger partial charge on any atom is -0.376 e. The number of hydrogen-bond donors (Lipinski definition) is 0. The van der Waals surface area contributed by atoms with Crippen LogP contribution < -0.4 is 0 Å². The first kappa shape index (κ1) is 19.6. The Hall–Kier alpha value is -1.35. The second-order valence-electron chi connectivity index (χ2n) is 9.46. The molecule has 158 valence electrons. The van der Waals surface area contributed by atoms with Crippen molar-refractivity contribution in [1.82, 2.24) is 29.8 Å². The molecule has 2 aliphatic carbocycles. The number of ether oxygens (including phenoxy) is 1. The summed E-state index contributed by atoms with van der Waals surface area (Å²) in [5.41, 5.74) is 2.98. The van der Waals surface area contributed by atoms with Gasteiger partial charge in [0.05, 0.1) is 29.5 Å². The van der Waals surface area contributed by atoms with Gasteiger partial charge in [0.2, 0.25) is 0 Å². The molecule has 0 spiro atoms. The van der Waals surface area contributed by atoms with E-state index in [2.05, 4.69) is 50.1 Å². The van der Waals surface area contributed by atoms with Gasteiger partial charge in [0.1, 0.15) is 0 Å². The van der Waals surface area contributed by atoms with Crippen LogP contribution in [0.4, 0.5) is 0 Å². The molecule has 1 saturated heterocycles. The lowest BCUT2D eigenvalue weighted by atomic mass is 9.77. The second-order valence-corrected chi connectivity index (χ2v) is 10.4. The summed E-state index contributed by atoms with van der Waals surface area (Å²) in [5, 5.41) is 8.94. The van der Waals surface area contributed by atoms with E-state index in [1.54, 1.807) is 11.3 Å². The molecule has 2 aromatic heterocycles. The molecule has 1 aliphatic heterocycles. The summed E-state index contributed by atoms with van der Waals surface area (Å²) in [7, 11) is 4.14. The first-order valence-electron chi connectivity index (χ1n) is 10.9. The number of aromatic nitrogens is 4. The lowest BCUT2D eigenvalue weighted by Gasteiger charge is -2.37. The summed E-state index contributed by atoms with van der Waals surface area (Å²) in [6, 6.07) is 0.307. The van der Waals surface area contributed by atoms with Crippen molar-refractivity contribution in [2.75, 3.05) is 33.8 Å². The Morgan fingerprint density at radius 2 is 2.03 bits per heavy atom. The Kier molecular flexibility index (Phi) is 5.69. The van der Waals surface area contributed by atoms with Gasteiger partial charge in [-0.05, 0) is 57.5 Å². The maximum Gasteiger partial charge on any atom is 0.0967 e. The number of hydrogen-bond acceptors (Lipinski definition) is 7. The van der Waals surface area contributed by atoms with Gasteiger partial charge in [-0.3, -0.25) is 9.88 Å². The van der Waals surface area contributed by atoms with E-state index in [0.29, 0.717) is 6.04 Å². The SMILES string of the molecule is CN(C)Cc1cn([C@@H]2C[C@@H]3CN(Cc4cncs4)C[C@@H]3C[C@H]2OCC2CC2)nn1. The quantitative estimate of drug-likeness (QED) is 0.659. The molecule has 0 unspecified atom stereocenters. The largest absolute Gasteiger partial charge is 0.376 e. The molecular formula is C21H32N6OS. The number of fused-ring (bicyclic) bond motifs is 1. The lowest BCUT2D eigenvalue weighted by molar-refractivity contribution is -0.0375. The average Bonchev–Trinajstić information content (AvgIpc) is 3.06. The highest BCUT2D eigenvalue weighted by Gasteiger charge is 2.44. The van der Waals surface area contributed by atoms with Crippen LogP contribution in [0.15, 0.2) is 17.9 Å². The molecule has 3 aliphatic rings. The maximum absolute atomic E-state index is 6.49. The second kappa shape index (κ2) is 8.41. The van der Waals surface area contributed by atoms with Crippen LogP contribution in [-0.2, 0) is 17.8 Å². The third-order valence-corrected chi connectivity index (χ3v) is 7.41. The van der Waals surface area contributed by atoms with Crippen molar-refractivity contribution in [2.24, 2.45) is 17.8 Å². The van der Waals surface area contributed by atoms with Crippen molar-refractivity contribution in [2.45, 2.75) is 50.9 Å². The molecule has 29 heavy (non-hydrogen) atoms. The zero-order valence-corrected chi connectivity index (χ0v) is 18.3. The fourth-order valence-corrected chi connectivity index (χ4v) is 5.67. The number of nitrogens with zero attached hydrogens (tertiary/aromatic N) is 6. The topological polar surface area (TPSA) is 59.3 Å². The zero-order valence-electron chi connectivity index (χ0n) is 17.5. The molecule has 3 heterocycles. The van der Waals surface area contributed by atoms with Crippen LogP contribution in [0.2, 0.25) is 0 Å². The highest BCUT2D eigenvalue weighted by atomic mass is 32.1. The first-order valence-corrected chi connectivity index (χ1v) is 11.8. The van der Waals surface area contributed by atoms with E-state index in [9.17, 15) is 0 Å². The Bertz CT molecular complexity index is 789. The first-order chi connectivity index (χ1) is 14.1. The smallest absolute Gasteiger partial charge is 0.0967 e. The van der Waals surface area contributed by atoms with E-state index in [4.69, 9.17) is 4.74 Å². The fraction of sp³-hybridized carbons (Fsp3) is 0.762. The molecule has 2 saturated carbocycles. The van der Waals surface area contributed by atoms with Crippen LogP contribution >= 0.6 is 11.3 Å². The van der Waals surface area contributed by atoms with Crippen LogP contribution in [0.25, 0.3) is 0 Å². The third kappa shape index (κ3) is 4.71. The number of rotatable bonds is 8. The van der Waals surface area contributed by atoms with Crippen molar-refractivity contribution in [3.05, 3.63) is 28.5 Å². The average molecular weight is 417 g/mol. The van der Waals surface area contributed by atoms with Gasteiger partial charge in [0, 0.05) is 43.9 Å². The molecule has 2 aromatic rings.